The van der Waals surface area contributed by atoms with Crippen molar-refractivity contribution in [2.24, 2.45) is 0 Å². The SMILES string of the molecule is c1ccc(Nc2nc(-c3ccccc3)n(-c3ccccc3)n2)cc1. The summed E-state index contributed by atoms with van der Waals surface area (Å²) in [5.41, 5.74) is 2.96. The Morgan fingerprint density at radius 1 is 0.667 bits per heavy atom. The summed E-state index contributed by atoms with van der Waals surface area (Å²) in [5.74, 6) is 1.38. The molecule has 4 heteroatoms. The molecule has 4 nitrogen and oxygen atoms in total. The van der Waals surface area contributed by atoms with Crippen LogP contribution in [0.3, 0.4) is 0 Å². The van der Waals surface area contributed by atoms with E-state index in [1.807, 2.05) is 95.7 Å². The van der Waals surface area contributed by atoms with Crippen molar-refractivity contribution >= 4 is 11.6 Å². The van der Waals surface area contributed by atoms with Crippen molar-refractivity contribution in [3.8, 4) is 17.1 Å². The number of para-hydroxylation sites is 2. The van der Waals surface area contributed by atoms with Crippen LogP contribution in [0.2, 0.25) is 0 Å². The fraction of sp³-hybridized carbons (Fsp3) is 0. The van der Waals surface area contributed by atoms with Crippen molar-refractivity contribution in [1.82, 2.24) is 14.8 Å². The van der Waals surface area contributed by atoms with Crippen LogP contribution < -0.4 is 5.32 Å². The van der Waals surface area contributed by atoms with Crippen molar-refractivity contribution in [2.75, 3.05) is 5.32 Å². The second kappa shape index (κ2) is 6.38. The second-order valence-corrected chi connectivity index (χ2v) is 5.36. The quantitative estimate of drug-likeness (QED) is 0.595. The Kier molecular flexibility index (Phi) is 3.78. The van der Waals surface area contributed by atoms with Crippen molar-refractivity contribution in [2.45, 2.75) is 0 Å². The molecule has 0 saturated heterocycles. The van der Waals surface area contributed by atoms with E-state index in [1.54, 1.807) is 0 Å². The van der Waals surface area contributed by atoms with Gasteiger partial charge < -0.3 is 5.32 Å². The van der Waals surface area contributed by atoms with Gasteiger partial charge in [-0.3, -0.25) is 0 Å². The number of nitrogens with one attached hydrogen (secondary N) is 1. The fourth-order valence-corrected chi connectivity index (χ4v) is 2.54. The molecule has 4 rings (SSSR count). The summed E-state index contributed by atoms with van der Waals surface area (Å²) in [4.78, 5) is 4.69. The Balaban J connectivity index is 1.79. The maximum Gasteiger partial charge on any atom is 0.247 e. The third-order valence-electron chi connectivity index (χ3n) is 3.67. The van der Waals surface area contributed by atoms with E-state index in [-0.39, 0.29) is 0 Å². The van der Waals surface area contributed by atoms with Gasteiger partial charge in [0.15, 0.2) is 5.82 Å². The Morgan fingerprint density at radius 2 is 1.25 bits per heavy atom. The number of rotatable bonds is 4. The molecule has 0 spiro atoms. The van der Waals surface area contributed by atoms with Gasteiger partial charge in [-0.2, -0.15) is 4.98 Å². The van der Waals surface area contributed by atoms with Gasteiger partial charge in [0.25, 0.3) is 0 Å². The van der Waals surface area contributed by atoms with Crippen molar-refractivity contribution in [3.63, 3.8) is 0 Å². The minimum Gasteiger partial charge on any atom is -0.323 e. The number of benzene rings is 3. The van der Waals surface area contributed by atoms with Crippen LogP contribution in [0.15, 0.2) is 91.0 Å². The Bertz CT molecular complexity index is 859. The third-order valence-corrected chi connectivity index (χ3v) is 3.67. The summed E-state index contributed by atoms with van der Waals surface area (Å²) < 4.78 is 1.86. The average Bonchev–Trinajstić information content (AvgIpc) is 3.08. The van der Waals surface area contributed by atoms with Gasteiger partial charge in [-0.1, -0.05) is 66.7 Å². The van der Waals surface area contributed by atoms with Gasteiger partial charge in [-0.25, -0.2) is 4.68 Å². The first-order valence-electron chi connectivity index (χ1n) is 7.80. The third kappa shape index (κ3) is 2.90. The molecule has 1 aromatic heterocycles. The van der Waals surface area contributed by atoms with E-state index in [4.69, 9.17) is 4.98 Å². The molecule has 0 aliphatic carbocycles. The molecular weight excluding hydrogens is 296 g/mol. The van der Waals surface area contributed by atoms with Gasteiger partial charge in [0.05, 0.1) is 5.69 Å². The van der Waals surface area contributed by atoms with Crippen molar-refractivity contribution < 1.29 is 0 Å². The molecule has 0 aliphatic rings. The summed E-state index contributed by atoms with van der Waals surface area (Å²) in [6.45, 7) is 0. The molecule has 24 heavy (non-hydrogen) atoms. The first-order valence-corrected chi connectivity index (χ1v) is 7.80. The zero-order chi connectivity index (χ0) is 16.2. The predicted molar refractivity (Wildman–Crippen MR) is 96.5 cm³/mol. The van der Waals surface area contributed by atoms with E-state index in [0.29, 0.717) is 5.95 Å². The normalized spacial score (nSPS) is 10.5. The molecule has 0 unspecified atom stereocenters. The zero-order valence-electron chi connectivity index (χ0n) is 13.0. The minimum absolute atomic E-state index is 0.573. The molecule has 1 heterocycles. The van der Waals surface area contributed by atoms with Gasteiger partial charge in [0, 0.05) is 11.3 Å². The highest BCUT2D eigenvalue weighted by molar-refractivity contribution is 5.62. The molecule has 1 N–H and O–H groups in total. The number of anilines is 2. The topological polar surface area (TPSA) is 42.7 Å². The smallest absolute Gasteiger partial charge is 0.247 e. The van der Waals surface area contributed by atoms with Crippen LogP contribution in [0.5, 0.6) is 0 Å². The number of hydrogen-bond donors (Lipinski definition) is 1. The maximum atomic E-state index is 4.69. The van der Waals surface area contributed by atoms with Crippen LogP contribution in [0.4, 0.5) is 11.6 Å². The highest BCUT2D eigenvalue weighted by Crippen LogP contribution is 2.23. The predicted octanol–water partition coefficient (Wildman–Crippen LogP) is 4.68. The van der Waals surface area contributed by atoms with Crippen LogP contribution >= 0.6 is 0 Å². The lowest BCUT2D eigenvalue weighted by atomic mass is 10.2. The molecule has 4 aromatic rings. The molecule has 0 saturated carbocycles. The molecule has 0 amide bonds. The highest BCUT2D eigenvalue weighted by atomic mass is 15.4. The molecule has 0 aliphatic heterocycles. The fourth-order valence-electron chi connectivity index (χ4n) is 2.54. The van der Waals surface area contributed by atoms with Crippen molar-refractivity contribution in [1.29, 1.82) is 0 Å². The lowest BCUT2D eigenvalue weighted by Crippen LogP contribution is -1.99. The van der Waals surface area contributed by atoms with E-state index < -0.39 is 0 Å². The summed E-state index contributed by atoms with van der Waals surface area (Å²) in [5, 5.41) is 7.91. The van der Waals surface area contributed by atoms with E-state index in [1.165, 1.54) is 0 Å². The van der Waals surface area contributed by atoms with Crippen LogP contribution in [-0.4, -0.2) is 14.8 Å². The van der Waals surface area contributed by atoms with Crippen LogP contribution in [0.1, 0.15) is 0 Å². The molecule has 116 valence electrons. The van der Waals surface area contributed by atoms with Crippen molar-refractivity contribution in [3.05, 3.63) is 91.0 Å². The first kappa shape index (κ1) is 14.2. The number of hydrogen-bond acceptors (Lipinski definition) is 3. The second-order valence-electron chi connectivity index (χ2n) is 5.36. The van der Waals surface area contributed by atoms with E-state index >= 15 is 0 Å². The van der Waals surface area contributed by atoms with Gasteiger partial charge in [-0.05, 0) is 24.3 Å². The summed E-state index contributed by atoms with van der Waals surface area (Å²) >= 11 is 0. The highest BCUT2D eigenvalue weighted by Gasteiger charge is 2.13. The summed E-state index contributed by atoms with van der Waals surface area (Å²) in [6.07, 6.45) is 0. The number of aromatic nitrogens is 3. The lowest BCUT2D eigenvalue weighted by molar-refractivity contribution is 0.890. The van der Waals surface area contributed by atoms with Gasteiger partial charge in [-0.15, -0.1) is 5.10 Å². The Hall–Kier alpha value is -3.40. The first-order chi connectivity index (χ1) is 11.9. The molecule has 0 atom stereocenters. The van der Waals surface area contributed by atoms with Gasteiger partial charge in [0.2, 0.25) is 5.95 Å². The molecule has 0 radical (unpaired) electrons. The molecule has 3 aromatic carbocycles. The monoisotopic (exact) mass is 312 g/mol. The molecule has 0 bridgehead atoms. The van der Waals surface area contributed by atoms with E-state index in [0.717, 1.165) is 22.8 Å². The van der Waals surface area contributed by atoms with Crippen LogP contribution in [0.25, 0.3) is 17.1 Å². The van der Waals surface area contributed by atoms with Crippen LogP contribution in [0, 0.1) is 0 Å². The minimum atomic E-state index is 0.573. The zero-order valence-corrected chi connectivity index (χ0v) is 13.0. The molecule has 0 fully saturated rings. The largest absolute Gasteiger partial charge is 0.323 e. The number of nitrogens with zero attached hydrogens (tertiary/aromatic N) is 3. The van der Waals surface area contributed by atoms with Gasteiger partial charge >= 0.3 is 0 Å². The van der Waals surface area contributed by atoms with E-state index in [2.05, 4.69) is 10.4 Å². The molecular formula is C20H16N4. The average molecular weight is 312 g/mol. The summed E-state index contributed by atoms with van der Waals surface area (Å²) in [6, 6.07) is 30.0. The Morgan fingerprint density at radius 3 is 1.92 bits per heavy atom. The lowest BCUT2D eigenvalue weighted by Gasteiger charge is -2.05. The van der Waals surface area contributed by atoms with Crippen LogP contribution in [-0.2, 0) is 0 Å². The maximum absolute atomic E-state index is 4.69. The van der Waals surface area contributed by atoms with Gasteiger partial charge in [0.1, 0.15) is 0 Å². The Labute approximate surface area is 140 Å². The standard InChI is InChI=1S/C20H16N4/c1-4-10-16(11-5-1)19-22-20(21-17-12-6-2-7-13-17)23-24(19)18-14-8-3-9-15-18/h1-15H,(H,21,23). The summed E-state index contributed by atoms with van der Waals surface area (Å²) in [7, 11) is 0. The van der Waals surface area contributed by atoms with E-state index in [9.17, 15) is 0 Å².